The first-order chi connectivity index (χ1) is 11.0. The van der Waals surface area contributed by atoms with Crippen molar-refractivity contribution in [2.45, 2.75) is 64.4 Å². The molecule has 1 unspecified atom stereocenters. The Labute approximate surface area is 138 Å². The van der Waals surface area contributed by atoms with Crippen molar-refractivity contribution in [3.05, 3.63) is 23.3 Å². The van der Waals surface area contributed by atoms with Crippen LogP contribution >= 0.6 is 0 Å². The summed E-state index contributed by atoms with van der Waals surface area (Å²) in [6, 6.07) is 4.02. The highest BCUT2D eigenvalue weighted by Gasteiger charge is 2.54. The van der Waals surface area contributed by atoms with Crippen molar-refractivity contribution in [3.63, 3.8) is 0 Å². The lowest BCUT2D eigenvalue weighted by molar-refractivity contribution is -0.0226. The maximum Gasteiger partial charge on any atom is 0.161 e. The Bertz CT molecular complexity index is 611. The molecule has 3 heteroatoms. The molecule has 4 rings (SSSR count). The number of aromatic hydroxyl groups is 1. The number of benzene rings is 1. The van der Waals surface area contributed by atoms with Gasteiger partial charge in [0.1, 0.15) is 0 Å². The van der Waals surface area contributed by atoms with Crippen LogP contribution in [0.15, 0.2) is 12.1 Å². The van der Waals surface area contributed by atoms with Gasteiger partial charge in [0.25, 0.3) is 0 Å². The van der Waals surface area contributed by atoms with Gasteiger partial charge in [-0.3, -0.25) is 0 Å². The van der Waals surface area contributed by atoms with Gasteiger partial charge < -0.3 is 14.9 Å². The second-order valence-corrected chi connectivity index (χ2v) is 8.00. The first kappa shape index (κ1) is 15.3. The van der Waals surface area contributed by atoms with Crippen LogP contribution in [0.3, 0.4) is 0 Å². The molecule has 2 fully saturated rings. The van der Waals surface area contributed by atoms with Gasteiger partial charge in [0.2, 0.25) is 0 Å². The predicted molar refractivity (Wildman–Crippen MR) is 89.9 cm³/mol. The van der Waals surface area contributed by atoms with E-state index in [4.69, 9.17) is 4.74 Å². The Morgan fingerprint density at radius 3 is 2.83 bits per heavy atom. The standard InChI is InChI=1S/C20H28O3/c1-3-23-18-11-15-12(10-17(18)21)4-5-14-13(15)8-9-20(2)16(14)6-7-19(20)22/h10-11,13-14,16,19,21-22H,3-9H2,1-2H3/t13-,14+,16-,19?,20-/m0/s1. The van der Waals surface area contributed by atoms with Crippen LogP contribution in [-0.2, 0) is 6.42 Å². The molecule has 0 heterocycles. The summed E-state index contributed by atoms with van der Waals surface area (Å²) in [4.78, 5) is 0. The number of rotatable bonds is 2. The van der Waals surface area contributed by atoms with Crippen molar-refractivity contribution in [2.24, 2.45) is 17.3 Å². The van der Waals surface area contributed by atoms with Gasteiger partial charge in [0.05, 0.1) is 12.7 Å². The lowest BCUT2D eigenvalue weighted by atomic mass is 9.55. The van der Waals surface area contributed by atoms with Crippen molar-refractivity contribution in [1.29, 1.82) is 0 Å². The monoisotopic (exact) mass is 316 g/mol. The Balaban J connectivity index is 1.70. The highest BCUT2D eigenvalue weighted by atomic mass is 16.5. The summed E-state index contributed by atoms with van der Waals surface area (Å²) in [6.07, 6.45) is 6.52. The number of aryl methyl sites for hydroxylation is 1. The average Bonchev–Trinajstić information content (AvgIpc) is 2.84. The number of aliphatic hydroxyl groups is 1. The smallest absolute Gasteiger partial charge is 0.161 e. The third kappa shape index (κ3) is 2.20. The van der Waals surface area contributed by atoms with Crippen molar-refractivity contribution < 1.29 is 14.9 Å². The van der Waals surface area contributed by atoms with Gasteiger partial charge in [-0.25, -0.2) is 0 Å². The van der Waals surface area contributed by atoms with Gasteiger partial charge in [-0.15, -0.1) is 0 Å². The summed E-state index contributed by atoms with van der Waals surface area (Å²) in [5, 5.41) is 20.6. The molecule has 1 aromatic carbocycles. The summed E-state index contributed by atoms with van der Waals surface area (Å²) >= 11 is 0. The molecule has 0 spiro atoms. The van der Waals surface area contributed by atoms with Crippen LogP contribution in [0.1, 0.15) is 63.0 Å². The minimum atomic E-state index is -0.117. The maximum atomic E-state index is 10.5. The van der Waals surface area contributed by atoms with E-state index >= 15 is 0 Å². The molecule has 0 bridgehead atoms. The van der Waals surface area contributed by atoms with Crippen LogP contribution in [0.25, 0.3) is 0 Å². The SMILES string of the molecule is CCOc1cc2c(cc1O)CC[C@@H]1[C@@H]2CC[C@]2(C)C(O)CC[C@@H]12. The van der Waals surface area contributed by atoms with E-state index in [1.807, 2.05) is 13.0 Å². The minimum absolute atomic E-state index is 0.117. The summed E-state index contributed by atoms with van der Waals surface area (Å²) in [7, 11) is 0. The fourth-order valence-corrected chi connectivity index (χ4v) is 5.83. The Morgan fingerprint density at radius 1 is 1.22 bits per heavy atom. The largest absolute Gasteiger partial charge is 0.504 e. The maximum absolute atomic E-state index is 10.5. The minimum Gasteiger partial charge on any atom is -0.504 e. The fourth-order valence-electron chi connectivity index (χ4n) is 5.83. The van der Waals surface area contributed by atoms with Crippen LogP contribution in [0.2, 0.25) is 0 Å². The second-order valence-electron chi connectivity index (χ2n) is 8.00. The Kier molecular flexibility index (Phi) is 3.60. The third-order valence-corrected chi connectivity index (χ3v) is 7.05. The zero-order chi connectivity index (χ0) is 16.2. The fraction of sp³-hybridized carbons (Fsp3) is 0.700. The molecule has 23 heavy (non-hydrogen) atoms. The molecule has 0 aliphatic heterocycles. The summed E-state index contributed by atoms with van der Waals surface area (Å²) in [6.45, 7) is 4.84. The number of hydrogen-bond donors (Lipinski definition) is 2. The van der Waals surface area contributed by atoms with Crippen LogP contribution in [0.4, 0.5) is 0 Å². The normalized spacial score (nSPS) is 38.6. The molecule has 2 saturated carbocycles. The first-order valence-electron chi connectivity index (χ1n) is 9.21. The molecule has 126 valence electrons. The highest BCUT2D eigenvalue weighted by Crippen LogP contribution is 2.61. The van der Waals surface area contributed by atoms with Gasteiger partial charge in [-0.1, -0.05) is 6.92 Å². The van der Waals surface area contributed by atoms with Gasteiger partial charge in [0.15, 0.2) is 11.5 Å². The summed E-state index contributed by atoms with van der Waals surface area (Å²) in [5.41, 5.74) is 2.82. The number of fused-ring (bicyclic) bond motifs is 5. The molecule has 0 amide bonds. The quantitative estimate of drug-likeness (QED) is 0.867. The van der Waals surface area contributed by atoms with Crippen LogP contribution < -0.4 is 4.74 Å². The molecule has 2 N–H and O–H groups in total. The lowest BCUT2D eigenvalue weighted by Gasteiger charge is -2.50. The van der Waals surface area contributed by atoms with Crippen molar-refractivity contribution >= 4 is 0 Å². The second kappa shape index (κ2) is 5.41. The molecule has 3 nitrogen and oxygen atoms in total. The molecule has 5 atom stereocenters. The summed E-state index contributed by atoms with van der Waals surface area (Å²) < 4.78 is 5.62. The van der Waals surface area contributed by atoms with Gasteiger partial charge in [0, 0.05) is 0 Å². The number of aliphatic hydroxyl groups excluding tert-OH is 1. The predicted octanol–water partition coefficient (Wildman–Crippen LogP) is 4.01. The van der Waals surface area contributed by atoms with Crippen molar-refractivity contribution in [2.75, 3.05) is 6.61 Å². The average molecular weight is 316 g/mol. The van der Waals surface area contributed by atoms with Crippen LogP contribution in [-0.4, -0.2) is 22.9 Å². The van der Waals surface area contributed by atoms with E-state index < -0.39 is 0 Å². The van der Waals surface area contributed by atoms with E-state index in [0.717, 1.165) is 25.7 Å². The molecule has 3 aliphatic carbocycles. The van der Waals surface area contributed by atoms with Crippen LogP contribution in [0, 0.1) is 17.3 Å². The van der Waals surface area contributed by atoms with Crippen LogP contribution in [0.5, 0.6) is 11.5 Å². The topological polar surface area (TPSA) is 49.7 Å². The van der Waals surface area contributed by atoms with E-state index in [-0.39, 0.29) is 17.3 Å². The van der Waals surface area contributed by atoms with Gasteiger partial charge in [-0.2, -0.15) is 0 Å². The molecule has 0 aromatic heterocycles. The van der Waals surface area contributed by atoms with Crippen molar-refractivity contribution in [3.8, 4) is 11.5 Å². The molecule has 1 aromatic rings. The van der Waals surface area contributed by atoms with Gasteiger partial charge in [-0.05, 0) is 91.9 Å². The van der Waals surface area contributed by atoms with Crippen molar-refractivity contribution in [1.82, 2.24) is 0 Å². The van der Waals surface area contributed by atoms with E-state index in [0.29, 0.717) is 30.1 Å². The number of hydrogen-bond acceptors (Lipinski definition) is 3. The summed E-state index contributed by atoms with van der Waals surface area (Å²) in [5.74, 6) is 2.81. The number of ether oxygens (including phenoxy) is 1. The molecule has 0 saturated heterocycles. The lowest BCUT2D eigenvalue weighted by Crippen LogP contribution is -2.43. The van der Waals surface area contributed by atoms with E-state index in [1.54, 1.807) is 0 Å². The Morgan fingerprint density at radius 2 is 2.04 bits per heavy atom. The molecule has 3 aliphatic rings. The first-order valence-corrected chi connectivity index (χ1v) is 9.21. The molecular weight excluding hydrogens is 288 g/mol. The highest BCUT2D eigenvalue weighted by molar-refractivity contribution is 5.49. The number of phenolic OH excluding ortho intramolecular Hbond substituents is 1. The molecular formula is C20H28O3. The third-order valence-electron chi connectivity index (χ3n) is 7.05. The zero-order valence-electron chi connectivity index (χ0n) is 14.2. The van der Waals surface area contributed by atoms with Gasteiger partial charge >= 0.3 is 0 Å². The van der Waals surface area contributed by atoms with E-state index in [1.165, 1.54) is 24.0 Å². The zero-order valence-corrected chi connectivity index (χ0v) is 14.2. The number of phenols is 1. The molecule has 0 radical (unpaired) electrons. The van der Waals surface area contributed by atoms with E-state index in [9.17, 15) is 10.2 Å². The van der Waals surface area contributed by atoms with E-state index in [2.05, 4.69) is 13.0 Å². The Hall–Kier alpha value is -1.22.